The Morgan fingerprint density at radius 2 is 1.72 bits per heavy atom. The fourth-order valence-electron chi connectivity index (χ4n) is 2.49. The molecule has 3 rings (SSSR count). The number of hydrogen-bond acceptors (Lipinski definition) is 3. The van der Waals surface area contributed by atoms with Crippen molar-refractivity contribution in [3.05, 3.63) is 58.7 Å². The Bertz CT molecular complexity index is 1090. The lowest BCUT2D eigenvalue weighted by atomic mass is 10.2. The molecule has 2 aromatic carbocycles. The van der Waals surface area contributed by atoms with Gasteiger partial charge in [-0.1, -0.05) is 23.2 Å². The van der Waals surface area contributed by atoms with Crippen LogP contribution in [0.2, 0.25) is 10.0 Å². The van der Waals surface area contributed by atoms with Crippen LogP contribution in [0.1, 0.15) is 0 Å². The van der Waals surface area contributed by atoms with Gasteiger partial charge in [0.25, 0.3) is 10.0 Å². The van der Waals surface area contributed by atoms with E-state index in [1.54, 1.807) is 18.3 Å². The van der Waals surface area contributed by atoms with Crippen molar-refractivity contribution < 1.29 is 17.9 Å². The summed E-state index contributed by atoms with van der Waals surface area (Å²) in [6.45, 7) is 0.956. The second-order valence-electron chi connectivity index (χ2n) is 5.44. The van der Waals surface area contributed by atoms with E-state index in [4.69, 9.17) is 23.2 Å². The molecule has 0 spiro atoms. The molecule has 132 valence electrons. The molecule has 25 heavy (non-hydrogen) atoms. The van der Waals surface area contributed by atoms with E-state index >= 15 is 0 Å². The Morgan fingerprint density at radius 1 is 1.08 bits per heavy atom. The molecule has 1 atom stereocenters. The molecule has 0 aliphatic carbocycles. The van der Waals surface area contributed by atoms with Crippen LogP contribution >= 0.6 is 30.7 Å². The molecule has 0 fully saturated rings. The highest BCUT2D eigenvalue weighted by Crippen LogP contribution is 2.49. The Kier molecular flexibility index (Phi) is 4.64. The average molecular weight is 419 g/mol. The molecule has 1 aromatic heterocycles. The number of rotatable bonds is 4. The molecule has 0 saturated carbocycles. The van der Waals surface area contributed by atoms with Gasteiger partial charge in [0.2, 0.25) is 0 Å². The highest BCUT2D eigenvalue weighted by molar-refractivity contribution is 8.00. The standard InChI is InChI=1S/C15H13Cl2N2O4PS/c1-24(20,21)19(13-2-3-15-10(6-13)4-5-18-15)25(22,23)14-8-11(16)7-12(17)9-14/h2-9,18H,1H3,(H,20,21). The van der Waals surface area contributed by atoms with Gasteiger partial charge in [-0.15, -0.1) is 0 Å². The van der Waals surface area contributed by atoms with E-state index in [1.807, 2.05) is 0 Å². The van der Waals surface area contributed by atoms with Gasteiger partial charge in [-0.05, 0) is 42.5 Å². The van der Waals surface area contributed by atoms with Crippen molar-refractivity contribution in [2.24, 2.45) is 0 Å². The Labute approximate surface area is 154 Å². The lowest BCUT2D eigenvalue weighted by Crippen LogP contribution is -2.27. The summed E-state index contributed by atoms with van der Waals surface area (Å²) >= 11 is 11.8. The van der Waals surface area contributed by atoms with E-state index in [9.17, 15) is 17.9 Å². The summed E-state index contributed by atoms with van der Waals surface area (Å²) in [5.74, 6) is 0. The van der Waals surface area contributed by atoms with Gasteiger partial charge >= 0.3 is 7.52 Å². The van der Waals surface area contributed by atoms with E-state index in [0.717, 1.165) is 12.2 Å². The zero-order valence-corrected chi connectivity index (χ0v) is 16.1. The van der Waals surface area contributed by atoms with Gasteiger partial charge in [-0.25, -0.2) is 8.42 Å². The first-order chi connectivity index (χ1) is 11.6. The monoisotopic (exact) mass is 418 g/mol. The first-order valence-electron chi connectivity index (χ1n) is 6.98. The van der Waals surface area contributed by atoms with E-state index in [1.165, 1.54) is 30.3 Å². The second kappa shape index (κ2) is 6.34. The number of benzene rings is 2. The number of halogens is 2. The molecule has 10 heteroatoms. The molecule has 2 N–H and O–H groups in total. The van der Waals surface area contributed by atoms with E-state index in [2.05, 4.69) is 4.98 Å². The topological polar surface area (TPSA) is 90.5 Å². The van der Waals surface area contributed by atoms with E-state index in [-0.39, 0.29) is 20.6 Å². The maximum absolute atomic E-state index is 13.0. The SMILES string of the molecule is CP(=O)(O)N(c1ccc2[nH]ccc2c1)S(=O)(=O)c1cc(Cl)cc(Cl)c1. The highest BCUT2D eigenvalue weighted by atomic mass is 35.5. The first kappa shape index (κ1) is 18.3. The fraction of sp³-hybridized carbons (Fsp3) is 0.0667. The third-order valence-electron chi connectivity index (χ3n) is 3.46. The van der Waals surface area contributed by atoms with E-state index < -0.39 is 17.5 Å². The summed E-state index contributed by atoms with van der Waals surface area (Å²) in [5, 5.41) is 0.919. The fourth-order valence-corrected chi connectivity index (χ4v) is 6.72. The number of aromatic amines is 1. The van der Waals surface area contributed by atoms with Crippen molar-refractivity contribution in [1.82, 2.24) is 4.98 Å². The number of nitrogens with one attached hydrogen (secondary N) is 1. The number of aromatic nitrogens is 1. The third kappa shape index (κ3) is 3.57. The largest absolute Gasteiger partial charge is 0.361 e. The summed E-state index contributed by atoms with van der Waals surface area (Å²) in [6.07, 6.45) is 1.69. The van der Waals surface area contributed by atoms with Crippen molar-refractivity contribution in [3.63, 3.8) is 0 Å². The highest BCUT2D eigenvalue weighted by Gasteiger charge is 2.36. The van der Waals surface area contributed by atoms with Gasteiger partial charge in [0.05, 0.1) is 10.6 Å². The lowest BCUT2D eigenvalue weighted by molar-refractivity contribution is 0.485. The summed E-state index contributed by atoms with van der Waals surface area (Å²) < 4.78 is 39.0. The number of anilines is 1. The van der Waals surface area contributed by atoms with Gasteiger partial charge in [-0.3, -0.25) is 4.57 Å². The third-order valence-corrected chi connectivity index (χ3v) is 7.85. The van der Waals surface area contributed by atoms with Crippen molar-refractivity contribution in [2.45, 2.75) is 4.90 Å². The number of sulfonamides is 1. The number of hydrogen-bond donors (Lipinski definition) is 2. The summed E-state index contributed by atoms with van der Waals surface area (Å²) in [5.41, 5.74) is 0.840. The molecule has 0 radical (unpaired) electrons. The normalized spacial score (nSPS) is 14.4. The molecule has 0 saturated heterocycles. The number of fused-ring (bicyclic) bond motifs is 1. The van der Waals surface area contributed by atoms with Crippen LogP contribution in [-0.2, 0) is 14.6 Å². The van der Waals surface area contributed by atoms with Crippen LogP contribution in [0.15, 0.2) is 53.6 Å². The minimum absolute atomic E-state index is 0.0662. The van der Waals surface area contributed by atoms with E-state index in [0.29, 0.717) is 9.46 Å². The molecule has 0 aliphatic rings. The smallest absolute Gasteiger partial charge is 0.304 e. The maximum atomic E-state index is 13.0. The van der Waals surface area contributed by atoms with Gasteiger partial charge in [0.15, 0.2) is 0 Å². The van der Waals surface area contributed by atoms with Gasteiger partial charge in [0.1, 0.15) is 0 Å². The predicted octanol–water partition coefficient (Wildman–Crippen LogP) is 4.49. The molecule has 0 aliphatic heterocycles. The van der Waals surface area contributed by atoms with Crippen molar-refractivity contribution in [1.29, 1.82) is 0 Å². The van der Waals surface area contributed by atoms with Crippen LogP contribution in [0.5, 0.6) is 0 Å². The predicted molar refractivity (Wildman–Crippen MR) is 100 cm³/mol. The number of nitrogens with zero attached hydrogens (tertiary/aromatic N) is 1. The van der Waals surface area contributed by atoms with Crippen LogP contribution in [-0.4, -0.2) is 25.0 Å². The van der Waals surface area contributed by atoms with Crippen molar-refractivity contribution in [3.8, 4) is 0 Å². The van der Waals surface area contributed by atoms with Crippen LogP contribution < -0.4 is 4.08 Å². The molecular weight excluding hydrogens is 406 g/mol. The van der Waals surface area contributed by atoms with Crippen molar-refractivity contribution >= 4 is 57.3 Å². The van der Waals surface area contributed by atoms with Gasteiger partial charge < -0.3 is 9.88 Å². The van der Waals surface area contributed by atoms with Crippen molar-refractivity contribution in [2.75, 3.05) is 10.7 Å². The average Bonchev–Trinajstić information content (AvgIpc) is 2.92. The summed E-state index contributed by atoms with van der Waals surface area (Å²) in [6, 6.07) is 10.1. The quantitative estimate of drug-likeness (QED) is 0.610. The molecular formula is C15H13Cl2N2O4PS. The summed E-state index contributed by atoms with van der Waals surface area (Å²) in [4.78, 5) is 12.8. The zero-order chi connectivity index (χ0) is 18.4. The van der Waals surface area contributed by atoms with Crippen LogP contribution in [0.4, 0.5) is 5.69 Å². The Morgan fingerprint density at radius 3 is 2.32 bits per heavy atom. The minimum atomic E-state index is -4.37. The zero-order valence-electron chi connectivity index (χ0n) is 12.8. The molecule has 0 amide bonds. The summed E-state index contributed by atoms with van der Waals surface area (Å²) in [7, 11) is -8.59. The molecule has 0 bridgehead atoms. The van der Waals surface area contributed by atoms with Crippen LogP contribution in [0.3, 0.4) is 0 Å². The molecule has 1 heterocycles. The lowest BCUT2D eigenvalue weighted by Gasteiger charge is -2.26. The minimum Gasteiger partial charge on any atom is -0.361 e. The van der Waals surface area contributed by atoms with Crippen LogP contribution in [0, 0.1) is 0 Å². The molecule has 6 nitrogen and oxygen atoms in total. The Hall–Kier alpha value is -1.50. The van der Waals surface area contributed by atoms with Gasteiger partial charge in [0, 0.05) is 33.8 Å². The second-order valence-corrected chi connectivity index (χ2v) is 10.4. The molecule has 3 aromatic rings. The van der Waals surface area contributed by atoms with Gasteiger partial charge in [-0.2, -0.15) is 4.08 Å². The maximum Gasteiger partial charge on any atom is 0.304 e. The molecule has 1 unspecified atom stereocenters. The van der Waals surface area contributed by atoms with Crippen LogP contribution in [0.25, 0.3) is 10.9 Å². The Balaban J connectivity index is 2.23. The number of H-pyrrole nitrogens is 1. The first-order valence-corrected chi connectivity index (χ1v) is 11.2.